The Hall–Kier alpha value is -1.53. The van der Waals surface area contributed by atoms with E-state index in [1.807, 2.05) is 19.0 Å². The van der Waals surface area contributed by atoms with Crippen molar-refractivity contribution >= 4 is 42.5 Å². The molecular formula is C13H19Cl2N3O3. The number of halogens is 2. The zero-order valence-corrected chi connectivity index (χ0v) is 13.5. The van der Waals surface area contributed by atoms with Crippen LogP contribution in [-0.4, -0.2) is 54.1 Å². The van der Waals surface area contributed by atoms with Gasteiger partial charge in [0.2, 0.25) is 0 Å². The number of likely N-dealkylation sites (tertiary alicyclic amines) is 1. The first-order valence-corrected chi connectivity index (χ1v) is 6.14. The minimum Gasteiger partial charge on any atom is -0.481 e. The highest BCUT2D eigenvalue weighted by atomic mass is 35.5. The van der Waals surface area contributed by atoms with Crippen LogP contribution < -0.4 is 4.90 Å². The number of aliphatic carboxylic acids is 1. The summed E-state index contributed by atoms with van der Waals surface area (Å²) in [6.07, 6.45) is 2.05. The van der Waals surface area contributed by atoms with Gasteiger partial charge in [-0.15, -0.1) is 24.8 Å². The van der Waals surface area contributed by atoms with Crippen molar-refractivity contribution in [2.24, 2.45) is 5.92 Å². The lowest BCUT2D eigenvalue weighted by atomic mass is 10.1. The number of carbonyl (C=O) groups excluding carboxylic acids is 1. The SMILES string of the molecule is CN(C)c1ccc(C(=O)N2CCC(C(=O)O)C2)cn1.Cl.Cl. The molecule has 6 nitrogen and oxygen atoms in total. The normalized spacial score (nSPS) is 16.7. The summed E-state index contributed by atoms with van der Waals surface area (Å²) in [5, 5.41) is 8.93. The molecule has 2 rings (SSSR count). The molecule has 1 aromatic rings. The van der Waals surface area contributed by atoms with Crippen LogP contribution >= 0.6 is 24.8 Å². The average Bonchev–Trinajstić information content (AvgIpc) is 2.87. The van der Waals surface area contributed by atoms with E-state index in [0.29, 0.717) is 18.5 Å². The van der Waals surface area contributed by atoms with E-state index in [9.17, 15) is 9.59 Å². The molecule has 1 saturated heterocycles. The Morgan fingerprint density at radius 1 is 1.33 bits per heavy atom. The number of carbonyl (C=O) groups is 2. The van der Waals surface area contributed by atoms with Crippen LogP contribution in [-0.2, 0) is 4.79 Å². The van der Waals surface area contributed by atoms with Gasteiger partial charge in [0.25, 0.3) is 5.91 Å². The van der Waals surface area contributed by atoms with Crippen LogP contribution in [0.3, 0.4) is 0 Å². The average molecular weight is 336 g/mol. The van der Waals surface area contributed by atoms with E-state index in [4.69, 9.17) is 5.11 Å². The van der Waals surface area contributed by atoms with Crippen molar-refractivity contribution < 1.29 is 14.7 Å². The predicted octanol–water partition coefficient (Wildman–Crippen LogP) is 1.54. The fourth-order valence-corrected chi connectivity index (χ4v) is 2.11. The molecule has 8 heteroatoms. The second kappa shape index (κ2) is 8.05. The quantitative estimate of drug-likeness (QED) is 0.906. The lowest BCUT2D eigenvalue weighted by Gasteiger charge is -2.16. The molecule has 1 amide bonds. The number of aromatic nitrogens is 1. The van der Waals surface area contributed by atoms with E-state index < -0.39 is 11.9 Å². The highest BCUT2D eigenvalue weighted by Crippen LogP contribution is 2.19. The maximum absolute atomic E-state index is 12.2. The zero-order valence-electron chi connectivity index (χ0n) is 11.9. The van der Waals surface area contributed by atoms with Crippen LogP contribution in [0.5, 0.6) is 0 Å². The molecule has 0 aliphatic carbocycles. The lowest BCUT2D eigenvalue weighted by molar-refractivity contribution is -0.141. The second-order valence-electron chi connectivity index (χ2n) is 4.87. The van der Waals surface area contributed by atoms with Gasteiger partial charge >= 0.3 is 5.97 Å². The molecule has 1 atom stereocenters. The number of rotatable bonds is 3. The van der Waals surface area contributed by atoms with E-state index in [-0.39, 0.29) is 37.3 Å². The third-order valence-electron chi connectivity index (χ3n) is 3.28. The van der Waals surface area contributed by atoms with Gasteiger partial charge in [-0.25, -0.2) is 4.98 Å². The standard InChI is InChI=1S/C13H17N3O3.2ClH/c1-15(2)11-4-3-9(7-14-11)12(17)16-6-5-10(8-16)13(18)19;;/h3-4,7,10H,5-6,8H2,1-2H3,(H,18,19);2*1H. The molecule has 118 valence electrons. The summed E-state index contributed by atoms with van der Waals surface area (Å²) < 4.78 is 0. The first-order valence-electron chi connectivity index (χ1n) is 6.14. The first-order chi connectivity index (χ1) is 8.99. The third kappa shape index (κ3) is 4.47. The van der Waals surface area contributed by atoms with Crippen molar-refractivity contribution in [3.05, 3.63) is 23.9 Å². The Kier molecular flexibility index (Phi) is 7.46. The molecule has 21 heavy (non-hydrogen) atoms. The molecule has 1 aliphatic heterocycles. The number of hydrogen-bond acceptors (Lipinski definition) is 4. The van der Waals surface area contributed by atoms with Crippen molar-refractivity contribution in [2.45, 2.75) is 6.42 Å². The molecule has 1 unspecified atom stereocenters. The molecule has 1 N–H and O–H groups in total. The Balaban J connectivity index is 0.00000200. The van der Waals surface area contributed by atoms with Gasteiger partial charge in [0.05, 0.1) is 11.5 Å². The van der Waals surface area contributed by atoms with Crippen LogP contribution in [0.15, 0.2) is 18.3 Å². The summed E-state index contributed by atoms with van der Waals surface area (Å²) in [6.45, 7) is 0.773. The van der Waals surface area contributed by atoms with Gasteiger partial charge in [-0.2, -0.15) is 0 Å². The molecule has 0 radical (unpaired) electrons. The molecule has 1 aliphatic rings. The second-order valence-corrected chi connectivity index (χ2v) is 4.87. The van der Waals surface area contributed by atoms with Crippen LogP contribution in [0.2, 0.25) is 0 Å². The number of carboxylic acid groups (broad SMARTS) is 1. The smallest absolute Gasteiger partial charge is 0.308 e. The minimum atomic E-state index is -0.837. The van der Waals surface area contributed by atoms with E-state index in [0.717, 1.165) is 5.82 Å². The summed E-state index contributed by atoms with van der Waals surface area (Å²) >= 11 is 0. The lowest BCUT2D eigenvalue weighted by Crippen LogP contribution is -2.30. The maximum atomic E-state index is 12.2. The first kappa shape index (κ1) is 19.5. The molecule has 2 heterocycles. The summed E-state index contributed by atoms with van der Waals surface area (Å²) in [7, 11) is 3.75. The number of pyridine rings is 1. The summed E-state index contributed by atoms with van der Waals surface area (Å²) in [4.78, 5) is 30.7. The van der Waals surface area contributed by atoms with Gasteiger partial charge in [0, 0.05) is 33.4 Å². The van der Waals surface area contributed by atoms with Crippen LogP contribution in [0.25, 0.3) is 0 Å². The molecule has 0 saturated carbocycles. The minimum absolute atomic E-state index is 0. The Labute approximate surface area is 136 Å². The van der Waals surface area contributed by atoms with Crippen LogP contribution in [0.1, 0.15) is 16.8 Å². The van der Waals surface area contributed by atoms with E-state index in [1.54, 1.807) is 17.0 Å². The van der Waals surface area contributed by atoms with Gasteiger partial charge in [-0.3, -0.25) is 9.59 Å². The van der Waals surface area contributed by atoms with Crippen LogP contribution in [0.4, 0.5) is 5.82 Å². The summed E-state index contributed by atoms with van der Waals surface area (Å²) in [6, 6.07) is 3.50. The largest absolute Gasteiger partial charge is 0.481 e. The van der Waals surface area contributed by atoms with Gasteiger partial charge < -0.3 is 14.9 Å². The molecule has 0 spiro atoms. The highest BCUT2D eigenvalue weighted by molar-refractivity contribution is 5.94. The fourth-order valence-electron chi connectivity index (χ4n) is 2.11. The number of amides is 1. The Bertz CT molecular complexity index is 494. The van der Waals surface area contributed by atoms with Gasteiger partial charge in [0.1, 0.15) is 5.82 Å². The molecule has 1 fully saturated rings. The van der Waals surface area contributed by atoms with E-state index >= 15 is 0 Å². The van der Waals surface area contributed by atoms with Gasteiger partial charge in [-0.1, -0.05) is 0 Å². The molecule has 1 aromatic heterocycles. The maximum Gasteiger partial charge on any atom is 0.308 e. The Morgan fingerprint density at radius 3 is 2.43 bits per heavy atom. The Morgan fingerprint density at radius 2 is 2.00 bits per heavy atom. The topological polar surface area (TPSA) is 73.7 Å². The van der Waals surface area contributed by atoms with Crippen molar-refractivity contribution in [2.75, 3.05) is 32.1 Å². The number of carboxylic acids is 1. The van der Waals surface area contributed by atoms with Gasteiger partial charge in [-0.05, 0) is 18.6 Å². The highest BCUT2D eigenvalue weighted by Gasteiger charge is 2.31. The molecule has 0 bridgehead atoms. The number of hydrogen-bond donors (Lipinski definition) is 1. The summed E-state index contributed by atoms with van der Waals surface area (Å²) in [5.74, 6) is -0.655. The third-order valence-corrected chi connectivity index (χ3v) is 3.28. The number of anilines is 1. The van der Waals surface area contributed by atoms with Gasteiger partial charge in [0.15, 0.2) is 0 Å². The number of nitrogens with zero attached hydrogens (tertiary/aromatic N) is 3. The van der Waals surface area contributed by atoms with Crippen LogP contribution in [0, 0.1) is 5.92 Å². The zero-order chi connectivity index (χ0) is 14.0. The summed E-state index contributed by atoms with van der Waals surface area (Å²) in [5.41, 5.74) is 0.497. The van der Waals surface area contributed by atoms with E-state index in [1.165, 1.54) is 6.20 Å². The van der Waals surface area contributed by atoms with Crippen molar-refractivity contribution in [3.63, 3.8) is 0 Å². The van der Waals surface area contributed by atoms with E-state index in [2.05, 4.69) is 4.98 Å². The fraction of sp³-hybridized carbons (Fsp3) is 0.462. The van der Waals surface area contributed by atoms with Crippen molar-refractivity contribution in [1.29, 1.82) is 0 Å². The predicted molar refractivity (Wildman–Crippen MR) is 84.7 cm³/mol. The molecule has 0 aromatic carbocycles. The van der Waals surface area contributed by atoms with Crippen molar-refractivity contribution in [1.82, 2.24) is 9.88 Å². The van der Waals surface area contributed by atoms with Crippen molar-refractivity contribution in [3.8, 4) is 0 Å². The monoisotopic (exact) mass is 335 g/mol. The molecular weight excluding hydrogens is 317 g/mol.